The van der Waals surface area contributed by atoms with Crippen molar-refractivity contribution in [2.45, 2.75) is 31.3 Å². The zero-order valence-corrected chi connectivity index (χ0v) is 13.5. The van der Waals surface area contributed by atoms with Crippen molar-refractivity contribution in [1.82, 2.24) is 10.3 Å². The van der Waals surface area contributed by atoms with Gasteiger partial charge in [-0.2, -0.15) is 0 Å². The molecular weight excluding hydrogens is 307 g/mol. The fourth-order valence-corrected chi connectivity index (χ4v) is 2.97. The van der Waals surface area contributed by atoms with E-state index in [-0.39, 0.29) is 23.7 Å². The fourth-order valence-electron chi connectivity index (χ4n) is 2.97. The molecule has 0 spiro atoms. The number of carbonyl (C=O) groups excluding carboxylic acids is 1. The zero-order chi connectivity index (χ0) is 16.8. The van der Waals surface area contributed by atoms with Crippen molar-refractivity contribution in [2.75, 3.05) is 13.2 Å². The van der Waals surface area contributed by atoms with Crippen LogP contribution in [-0.2, 0) is 16.0 Å². The lowest BCUT2D eigenvalue weighted by molar-refractivity contribution is -0.130. The predicted octanol–water partition coefficient (Wildman–Crippen LogP) is 2.84. The largest absolute Gasteiger partial charge is 0.368 e. The molecule has 0 saturated carbocycles. The molecule has 1 N–H and O–H groups in total. The van der Waals surface area contributed by atoms with E-state index in [2.05, 4.69) is 10.3 Å². The van der Waals surface area contributed by atoms with E-state index in [1.54, 1.807) is 18.3 Å². The summed E-state index contributed by atoms with van der Waals surface area (Å²) < 4.78 is 18.6. The Kier molecular flexibility index (Phi) is 5.54. The highest BCUT2D eigenvalue weighted by atomic mass is 19.1. The quantitative estimate of drug-likeness (QED) is 0.887. The van der Waals surface area contributed by atoms with Crippen molar-refractivity contribution in [1.29, 1.82) is 0 Å². The number of carbonyl (C=O) groups is 1. The molecule has 1 saturated heterocycles. The van der Waals surface area contributed by atoms with Crippen molar-refractivity contribution in [3.63, 3.8) is 0 Å². The first kappa shape index (κ1) is 16.6. The molecule has 1 aromatic carbocycles. The number of pyridine rings is 1. The molecule has 24 heavy (non-hydrogen) atoms. The highest BCUT2D eigenvalue weighted by Gasteiger charge is 2.24. The molecule has 2 unspecified atom stereocenters. The van der Waals surface area contributed by atoms with Gasteiger partial charge in [0.2, 0.25) is 5.91 Å². The standard InChI is InChI=1S/C19H21FN2O2/c20-17-7-5-15(6-8-17)16(11-14-3-1-9-21-12-14)13-22-19(23)18-4-2-10-24-18/h1,3,5-9,12,16,18H,2,4,10-11,13H2,(H,22,23). The number of nitrogens with zero attached hydrogens (tertiary/aromatic N) is 1. The Morgan fingerprint density at radius 2 is 2.17 bits per heavy atom. The van der Waals surface area contributed by atoms with E-state index in [0.29, 0.717) is 13.2 Å². The Bertz CT molecular complexity index is 655. The summed E-state index contributed by atoms with van der Waals surface area (Å²) in [5.74, 6) is -0.270. The molecule has 0 radical (unpaired) electrons. The third-order valence-corrected chi connectivity index (χ3v) is 4.29. The van der Waals surface area contributed by atoms with Gasteiger partial charge >= 0.3 is 0 Å². The second-order valence-corrected chi connectivity index (χ2v) is 6.06. The smallest absolute Gasteiger partial charge is 0.249 e. The maximum Gasteiger partial charge on any atom is 0.249 e. The number of halogens is 1. The Labute approximate surface area is 141 Å². The van der Waals surface area contributed by atoms with Gasteiger partial charge in [0.25, 0.3) is 0 Å². The highest BCUT2D eigenvalue weighted by molar-refractivity contribution is 5.81. The first-order valence-electron chi connectivity index (χ1n) is 8.26. The minimum absolute atomic E-state index is 0.0557. The van der Waals surface area contributed by atoms with E-state index in [4.69, 9.17) is 4.74 Å². The van der Waals surface area contributed by atoms with Crippen molar-refractivity contribution < 1.29 is 13.9 Å². The van der Waals surface area contributed by atoms with E-state index < -0.39 is 0 Å². The van der Waals surface area contributed by atoms with Crippen LogP contribution < -0.4 is 5.32 Å². The number of amides is 1. The van der Waals surface area contributed by atoms with Gasteiger partial charge in [-0.3, -0.25) is 9.78 Å². The predicted molar refractivity (Wildman–Crippen MR) is 89.1 cm³/mol. The number of aromatic nitrogens is 1. The lowest BCUT2D eigenvalue weighted by Gasteiger charge is -2.19. The summed E-state index contributed by atoms with van der Waals surface area (Å²) in [6, 6.07) is 10.3. The van der Waals surface area contributed by atoms with Gasteiger partial charge < -0.3 is 10.1 Å². The fraction of sp³-hybridized carbons (Fsp3) is 0.368. The lowest BCUT2D eigenvalue weighted by Crippen LogP contribution is -2.37. The van der Waals surface area contributed by atoms with Gasteiger partial charge in [0.15, 0.2) is 0 Å². The zero-order valence-electron chi connectivity index (χ0n) is 13.5. The van der Waals surface area contributed by atoms with Crippen LogP contribution in [0.1, 0.15) is 29.9 Å². The van der Waals surface area contributed by atoms with Crippen LogP contribution in [0.15, 0.2) is 48.8 Å². The molecule has 1 amide bonds. The molecule has 1 aliphatic rings. The summed E-state index contributed by atoms with van der Waals surface area (Å²) in [5, 5.41) is 2.98. The first-order valence-corrected chi connectivity index (χ1v) is 8.26. The highest BCUT2D eigenvalue weighted by Crippen LogP contribution is 2.21. The summed E-state index contributed by atoms with van der Waals surface area (Å²) in [6.07, 6.45) is 5.64. The molecule has 3 rings (SSSR count). The number of hydrogen-bond donors (Lipinski definition) is 1. The molecule has 1 aromatic heterocycles. The summed E-state index contributed by atoms with van der Waals surface area (Å²) in [5.41, 5.74) is 2.08. The average molecular weight is 328 g/mol. The minimum Gasteiger partial charge on any atom is -0.368 e. The number of rotatable bonds is 6. The Hall–Kier alpha value is -2.27. The lowest BCUT2D eigenvalue weighted by atomic mass is 9.92. The summed E-state index contributed by atoms with van der Waals surface area (Å²) in [7, 11) is 0. The first-order chi connectivity index (χ1) is 11.7. The summed E-state index contributed by atoms with van der Waals surface area (Å²) in [6.45, 7) is 1.13. The number of hydrogen-bond acceptors (Lipinski definition) is 3. The van der Waals surface area contributed by atoms with Gasteiger partial charge in [-0.05, 0) is 48.6 Å². The van der Waals surface area contributed by atoms with Gasteiger partial charge in [0.1, 0.15) is 11.9 Å². The van der Waals surface area contributed by atoms with Crippen LogP contribution in [-0.4, -0.2) is 30.1 Å². The monoisotopic (exact) mass is 328 g/mol. The molecule has 2 heterocycles. The van der Waals surface area contributed by atoms with E-state index in [0.717, 1.165) is 30.4 Å². The summed E-state index contributed by atoms with van der Waals surface area (Å²) in [4.78, 5) is 16.3. The van der Waals surface area contributed by atoms with Crippen LogP contribution in [0.5, 0.6) is 0 Å². The van der Waals surface area contributed by atoms with Crippen LogP contribution in [0, 0.1) is 5.82 Å². The van der Waals surface area contributed by atoms with Gasteiger partial charge in [0, 0.05) is 31.5 Å². The van der Waals surface area contributed by atoms with Crippen LogP contribution in [0.3, 0.4) is 0 Å². The average Bonchev–Trinajstić information content (AvgIpc) is 3.15. The molecule has 1 fully saturated rings. The van der Waals surface area contributed by atoms with Gasteiger partial charge in [-0.25, -0.2) is 4.39 Å². The van der Waals surface area contributed by atoms with Gasteiger partial charge in [-0.15, -0.1) is 0 Å². The Morgan fingerprint density at radius 3 is 2.83 bits per heavy atom. The van der Waals surface area contributed by atoms with Gasteiger partial charge in [0.05, 0.1) is 0 Å². The normalized spacial score (nSPS) is 18.3. The summed E-state index contributed by atoms with van der Waals surface area (Å²) >= 11 is 0. The molecule has 2 atom stereocenters. The molecule has 5 heteroatoms. The second-order valence-electron chi connectivity index (χ2n) is 6.06. The molecule has 4 nitrogen and oxygen atoms in total. The van der Waals surface area contributed by atoms with Crippen molar-refractivity contribution in [3.05, 3.63) is 65.7 Å². The third kappa shape index (κ3) is 4.38. The maximum absolute atomic E-state index is 13.2. The van der Waals surface area contributed by atoms with Crippen LogP contribution in [0.4, 0.5) is 4.39 Å². The number of nitrogens with one attached hydrogen (secondary N) is 1. The molecule has 1 aliphatic heterocycles. The van der Waals surface area contributed by atoms with E-state index in [1.165, 1.54) is 12.1 Å². The number of ether oxygens (including phenoxy) is 1. The van der Waals surface area contributed by atoms with E-state index in [1.807, 2.05) is 18.3 Å². The SMILES string of the molecule is O=C(NCC(Cc1cccnc1)c1ccc(F)cc1)C1CCCO1. The van der Waals surface area contributed by atoms with Crippen molar-refractivity contribution in [3.8, 4) is 0 Å². The maximum atomic E-state index is 13.2. The molecule has 126 valence electrons. The molecule has 2 aromatic rings. The number of benzene rings is 1. The van der Waals surface area contributed by atoms with E-state index in [9.17, 15) is 9.18 Å². The molecule has 0 bridgehead atoms. The second kappa shape index (κ2) is 8.02. The van der Waals surface area contributed by atoms with Crippen molar-refractivity contribution in [2.24, 2.45) is 0 Å². The van der Waals surface area contributed by atoms with Crippen molar-refractivity contribution >= 4 is 5.91 Å². The van der Waals surface area contributed by atoms with E-state index >= 15 is 0 Å². The molecular formula is C19H21FN2O2. The topological polar surface area (TPSA) is 51.2 Å². The Balaban J connectivity index is 1.69. The Morgan fingerprint density at radius 1 is 1.33 bits per heavy atom. The van der Waals surface area contributed by atoms with Crippen LogP contribution in [0.25, 0.3) is 0 Å². The van der Waals surface area contributed by atoms with Crippen LogP contribution >= 0.6 is 0 Å². The van der Waals surface area contributed by atoms with Crippen LogP contribution in [0.2, 0.25) is 0 Å². The third-order valence-electron chi connectivity index (χ3n) is 4.29. The van der Waals surface area contributed by atoms with Gasteiger partial charge in [-0.1, -0.05) is 18.2 Å². The minimum atomic E-state index is -0.336. The molecule has 0 aliphatic carbocycles.